The number of hydrogen-bond acceptors (Lipinski definition) is 3. The molecule has 5 nitrogen and oxygen atoms in total. The molecule has 176 valence electrons. The molecule has 1 aromatic carbocycles. The van der Waals surface area contributed by atoms with E-state index in [1.165, 1.54) is 4.40 Å². The number of alkyl halides is 3. The standard InChI is InChI=1S/C23H22Cl2F3N3O2/c1-12-9-14(23(26,27)28)11-31-13(2)19(29-21(12)31)10-17-18(24)4-3-16(20(17)25)22(33)30-7-5-15(32)6-8-30/h3-4,9,11,15,32H,5-8,10H2,1-2H3. The fourth-order valence-electron chi connectivity index (χ4n) is 4.12. The summed E-state index contributed by atoms with van der Waals surface area (Å²) >= 11 is 13.0. The van der Waals surface area contributed by atoms with E-state index in [1.807, 2.05) is 0 Å². The predicted octanol–water partition coefficient (Wildman–Crippen LogP) is 5.46. The van der Waals surface area contributed by atoms with E-state index >= 15 is 0 Å². The van der Waals surface area contributed by atoms with Gasteiger partial charge in [-0.15, -0.1) is 0 Å². The molecule has 1 N–H and O–H groups in total. The van der Waals surface area contributed by atoms with Gasteiger partial charge in [0.1, 0.15) is 5.65 Å². The van der Waals surface area contributed by atoms with E-state index in [0.717, 1.165) is 12.3 Å². The minimum absolute atomic E-state index is 0.159. The summed E-state index contributed by atoms with van der Waals surface area (Å²) in [5.41, 5.74) is 1.90. The highest BCUT2D eigenvalue weighted by Gasteiger charge is 2.32. The normalized spacial score (nSPS) is 15.5. The lowest BCUT2D eigenvalue weighted by molar-refractivity contribution is -0.137. The lowest BCUT2D eigenvalue weighted by atomic mass is 10.0. The lowest BCUT2D eigenvalue weighted by Gasteiger charge is -2.30. The second kappa shape index (κ2) is 8.81. The van der Waals surface area contributed by atoms with Gasteiger partial charge in [-0.25, -0.2) is 4.98 Å². The molecule has 0 unspecified atom stereocenters. The van der Waals surface area contributed by atoms with E-state index in [0.29, 0.717) is 64.7 Å². The molecule has 0 saturated carbocycles. The van der Waals surface area contributed by atoms with Gasteiger partial charge in [-0.3, -0.25) is 4.79 Å². The molecule has 1 fully saturated rings. The summed E-state index contributed by atoms with van der Waals surface area (Å²) < 4.78 is 41.2. The van der Waals surface area contributed by atoms with Crippen LogP contribution in [0.5, 0.6) is 0 Å². The first-order chi connectivity index (χ1) is 15.5. The molecule has 4 rings (SSSR count). The highest BCUT2D eigenvalue weighted by atomic mass is 35.5. The molecular formula is C23H22Cl2F3N3O2. The maximum atomic E-state index is 13.3. The minimum atomic E-state index is -4.47. The van der Waals surface area contributed by atoms with Crippen LogP contribution in [0.2, 0.25) is 10.0 Å². The molecule has 1 saturated heterocycles. The van der Waals surface area contributed by atoms with Gasteiger partial charge in [-0.05, 0) is 56.0 Å². The van der Waals surface area contributed by atoms with Crippen molar-refractivity contribution >= 4 is 34.8 Å². The Kier molecular flexibility index (Phi) is 6.37. The van der Waals surface area contributed by atoms with Crippen molar-refractivity contribution in [1.29, 1.82) is 0 Å². The third-order valence-corrected chi connectivity index (χ3v) is 6.87. The number of amides is 1. The highest BCUT2D eigenvalue weighted by Crippen LogP contribution is 2.34. The second-order valence-corrected chi connectivity index (χ2v) is 9.12. The van der Waals surface area contributed by atoms with E-state index < -0.39 is 17.8 Å². The number of hydrogen-bond donors (Lipinski definition) is 1. The van der Waals surface area contributed by atoms with Gasteiger partial charge in [-0.2, -0.15) is 13.2 Å². The Morgan fingerprint density at radius 1 is 1.21 bits per heavy atom. The van der Waals surface area contributed by atoms with Crippen LogP contribution >= 0.6 is 23.2 Å². The summed E-state index contributed by atoms with van der Waals surface area (Å²) in [6.07, 6.45) is -2.69. The van der Waals surface area contributed by atoms with Gasteiger partial charge in [-0.1, -0.05) is 23.2 Å². The van der Waals surface area contributed by atoms with Crippen molar-refractivity contribution in [1.82, 2.24) is 14.3 Å². The van der Waals surface area contributed by atoms with Gasteiger partial charge in [0.25, 0.3) is 5.91 Å². The number of piperidine rings is 1. The van der Waals surface area contributed by atoms with Crippen LogP contribution in [-0.2, 0) is 12.6 Å². The summed E-state index contributed by atoms with van der Waals surface area (Å²) in [4.78, 5) is 19.2. The molecule has 0 spiro atoms. The summed E-state index contributed by atoms with van der Waals surface area (Å²) in [7, 11) is 0. The smallest absolute Gasteiger partial charge is 0.393 e. The molecule has 0 bridgehead atoms. The highest BCUT2D eigenvalue weighted by molar-refractivity contribution is 6.38. The number of aromatic nitrogens is 2. The van der Waals surface area contributed by atoms with E-state index in [9.17, 15) is 23.1 Å². The van der Waals surface area contributed by atoms with E-state index in [-0.39, 0.29) is 17.4 Å². The number of aryl methyl sites for hydroxylation is 2. The summed E-state index contributed by atoms with van der Waals surface area (Å²) in [5, 5.41) is 10.2. The largest absolute Gasteiger partial charge is 0.417 e. The van der Waals surface area contributed by atoms with Crippen LogP contribution in [0.4, 0.5) is 13.2 Å². The Labute approximate surface area is 198 Å². The van der Waals surface area contributed by atoms with Crippen LogP contribution in [0.1, 0.15) is 51.3 Å². The van der Waals surface area contributed by atoms with Crippen molar-refractivity contribution in [3.8, 4) is 0 Å². The fourth-order valence-corrected chi connectivity index (χ4v) is 4.71. The molecular weight excluding hydrogens is 478 g/mol. The molecule has 1 aliphatic heterocycles. The number of pyridine rings is 1. The number of aliphatic hydroxyl groups is 1. The van der Waals surface area contributed by atoms with Gasteiger partial charge in [0.05, 0.1) is 27.9 Å². The molecule has 0 aliphatic carbocycles. The maximum Gasteiger partial charge on any atom is 0.417 e. The minimum Gasteiger partial charge on any atom is -0.393 e. The average Bonchev–Trinajstić information content (AvgIpc) is 3.07. The number of rotatable bonds is 3. The summed E-state index contributed by atoms with van der Waals surface area (Å²) in [6, 6.07) is 4.23. The maximum absolute atomic E-state index is 13.3. The quantitative estimate of drug-likeness (QED) is 0.520. The Morgan fingerprint density at radius 2 is 1.88 bits per heavy atom. The first kappa shape index (κ1) is 23.9. The van der Waals surface area contributed by atoms with Gasteiger partial charge in [0, 0.05) is 36.4 Å². The lowest BCUT2D eigenvalue weighted by Crippen LogP contribution is -2.40. The van der Waals surface area contributed by atoms with Crippen LogP contribution in [0, 0.1) is 13.8 Å². The van der Waals surface area contributed by atoms with Gasteiger partial charge in [0.2, 0.25) is 0 Å². The number of carbonyl (C=O) groups is 1. The second-order valence-electron chi connectivity index (χ2n) is 8.33. The van der Waals surface area contributed by atoms with Crippen molar-refractivity contribution < 1.29 is 23.1 Å². The van der Waals surface area contributed by atoms with Crippen molar-refractivity contribution in [3.05, 3.63) is 68.1 Å². The van der Waals surface area contributed by atoms with E-state index in [4.69, 9.17) is 23.2 Å². The Morgan fingerprint density at radius 3 is 2.52 bits per heavy atom. The number of aliphatic hydroxyl groups excluding tert-OH is 1. The number of imidazole rings is 1. The van der Waals surface area contributed by atoms with Gasteiger partial charge >= 0.3 is 6.18 Å². The van der Waals surface area contributed by atoms with Gasteiger partial charge < -0.3 is 14.4 Å². The van der Waals surface area contributed by atoms with Crippen molar-refractivity contribution in [2.45, 2.75) is 45.4 Å². The number of nitrogens with zero attached hydrogens (tertiary/aromatic N) is 3. The van der Waals surface area contributed by atoms with Gasteiger partial charge in [0.15, 0.2) is 0 Å². The summed E-state index contributed by atoms with van der Waals surface area (Å²) in [5.74, 6) is -0.248. The molecule has 3 heterocycles. The third-order valence-electron chi connectivity index (χ3n) is 6.08. The molecule has 33 heavy (non-hydrogen) atoms. The first-order valence-electron chi connectivity index (χ1n) is 10.5. The predicted molar refractivity (Wildman–Crippen MR) is 120 cm³/mol. The first-order valence-corrected chi connectivity index (χ1v) is 11.2. The summed E-state index contributed by atoms with van der Waals surface area (Å²) in [6.45, 7) is 4.13. The van der Waals surface area contributed by atoms with E-state index in [1.54, 1.807) is 30.9 Å². The molecule has 0 radical (unpaired) electrons. The van der Waals surface area contributed by atoms with Crippen LogP contribution < -0.4 is 0 Å². The van der Waals surface area contributed by atoms with Crippen LogP contribution in [0.15, 0.2) is 24.4 Å². The van der Waals surface area contributed by atoms with Crippen molar-refractivity contribution in [2.24, 2.45) is 0 Å². The SMILES string of the molecule is Cc1cc(C(F)(F)F)cn2c(C)c(Cc3c(Cl)ccc(C(=O)N4CCC(O)CC4)c3Cl)nc12. The molecule has 3 aromatic rings. The van der Waals surface area contributed by atoms with Crippen LogP contribution in [-0.4, -0.2) is 44.5 Å². The zero-order valence-corrected chi connectivity index (χ0v) is 19.5. The van der Waals surface area contributed by atoms with Crippen molar-refractivity contribution in [2.75, 3.05) is 13.1 Å². The number of benzene rings is 1. The Bertz CT molecular complexity index is 1230. The molecule has 0 atom stereocenters. The number of halogens is 5. The Hall–Kier alpha value is -2.29. The molecule has 1 amide bonds. The number of carbonyl (C=O) groups excluding carboxylic acids is 1. The van der Waals surface area contributed by atoms with Crippen LogP contribution in [0.25, 0.3) is 5.65 Å². The molecule has 10 heteroatoms. The molecule has 1 aliphatic rings. The Balaban J connectivity index is 1.71. The van der Waals surface area contributed by atoms with Crippen molar-refractivity contribution in [3.63, 3.8) is 0 Å². The average molecular weight is 500 g/mol. The van der Waals surface area contributed by atoms with Crippen LogP contribution in [0.3, 0.4) is 0 Å². The van der Waals surface area contributed by atoms with E-state index in [2.05, 4.69) is 4.98 Å². The monoisotopic (exact) mass is 499 g/mol. The number of fused-ring (bicyclic) bond motifs is 1. The zero-order valence-electron chi connectivity index (χ0n) is 18.0. The number of likely N-dealkylation sites (tertiary alicyclic amines) is 1. The fraction of sp³-hybridized carbons (Fsp3) is 0.391. The zero-order chi connectivity index (χ0) is 24.1. The third kappa shape index (κ3) is 4.56. The molecule has 2 aromatic heterocycles. The topological polar surface area (TPSA) is 57.8 Å².